The Hall–Kier alpha value is -1.99. The van der Waals surface area contributed by atoms with Crippen LogP contribution < -0.4 is 0 Å². The summed E-state index contributed by atoms with van der Waals surface area (Å²) in [6, 6.07) is 23.1. The van der Waals surface area contributed by atoms with Crippen LogP contribution in [0.3, 0.4) is 0 Å². The van der Waals surface area contributed by atoms with Crippen molar-refractivity contribution in [1.82, 2.24) is 4.31 Å². The van der Waals surface area contributed by atoms with Crippen molar-refractivity contribution < 1.29 is 13.2 Å². The molecule has 0 aromatic heterocycles. The van der Waals surface area contributed by atoms with Crippen LogP contribution in [-0.2, 0) is 14.8 Å². The quantitative estimate of drug-likeness (QED) is 0.404. The summed E-state index contributed by atoms with van der Waals surface area (Å²) in [5.74, 6) is -1.62. The predicted molar refractivity (Wildman–Crippen MR) is 130 cm³/mol. The molecular weight excluding hydrogens is 485 g/mol. The molecule has 0 spiro atoms. The van der Waals surface area contributed by atoms with Gasteiger partial charge in [0.2, 0.25) is 4.33 Å². The zero-order valence-corrected chi connectivity index (χ0v) is 20.5. The molecule has 1 saturated heterocycles. The molecule has 166 valence electrons. The number of sulfonamides is 1. The second-order valence-electron chi connectivity index (χ2n) is 7.75. The molecule has 0 bridgehead atoms. The number of carbonyl (C=O) groups is 1. The molecule has 3 aromatic rings. The molecule has 1 fully saturated rings. The Labute approximate surface area is 202 Å². The SMILES string of the molecule is Cc1ccc(S[C@@H]2[C@@H](c3ccccc3)C(Cl)(Cl)C(=O)N2S(=O)(=O)c2ccc(C)cc2)cc1. The highest BCUT2D eigenvalue weighted by Gasteiger charge is 2.62. The van der Waals surface area contributed by atoms with E-state index in [0.717, 1.165) is 20.3 Å². The van der Waals surface area contributed by atoms with Crippen LogP contribution in [-0.4, -0.2) is 28.3 Å². The second-order valence-corrected chi connectivity index (χ2v) is 12.1. The van der Waals surface area contributed by atoms with Crippen LogP contribution in [0.25, 0.3) is 0 Å². The first-order valence-electron chi connectivity index (χ1n) is 9.94. The van der Waals surface area contributed by atoms with E-state index in [4.69, 9.17) is 23.2 Å². The van der Waals surface area contributed by atoms with Crippen molar-refractivity contribution in [3.8, 4) is 0 Å². The first kappa shape index (κ1) is 23.2. The molecule has 0 radical (unpaired) electrons. The average molecular weight is 506 g/mol. The van der Waals surface area contributed by atoms with Crippen molar-refractivity contribution in [1.29, 1.82) is 0 Å². The first-order valence-corrected chi connectivity index (χ1v) is 13.0. The van der Waals surface area contributed by atoms with Crippen LogP contribution >= 0.6 is 35.0 Å². The normalized spacial score (nSPS) is 20.5. The number of rotatable bonds is 5. The number of aryl methyl sites for hydroxylation is 2. The zero-order valence-electron chi connectivity index (χ0n) is 17.4. The summed E-state index contributed by atoms with van der Waals surface area (Å²) in [6.07, 6.45) is 0. The fraction of sp³-hybridized carbons (Fsp3) is 0.208. The number of halogens is 2. The van der Waals surface area contributed by atoms with E-state index in [2.05, 4.69) is 0 Å². The van der Waals surface area contributed by atoms with Gasteiger partial charge in [-0.15, -0.1) is 0 Å². The molecule has 4 nitrogen and oxygen atoms in total. The summed E-state index contributed by atoms with van der Waals surface area (Å²) < 4.78 is 26.2. The van der Waals surface area contributed by atoms with Crippen LogP contribution in [0.1, 0.15) is 22.6 Å². The molecule has 32 heavy (non-hydrogen) atoms. The Morgan fingerprint density at radius 2 is 1.38 bits per heavy atom. The van der Waals surface area contributed by atoms with E-state index in [1.54, 1.807) is 12.1 Å². The Morgan fingerprint density at radius 1 is 0.844 bits per heavy atom. The predicted octanol–water partition coefficient (Wildman–Crippen LogP) is 5.91. The third kappa shape index (κ3) is 4.17. The number of nitrogens with zero attached hydrogens (tertiary/aromatic N) is 1. The standard InChI is InChI=1S/C24H21Cl2NO3S2/c1-16-8-12-19(13-9-16)31-22-21(18-6-4-3-5-7-18)24(25,26)23(28)27(22)32(29,30)20-14-10-17(2)11-15-20/h3-15,21-22H,1-2H3/t21-,22-/m1/s1. The number of thioether (sulfide) groups is 1. The summed E-state index contributed by atoms with van der Waals surface area (Å²) >= 11 is 14.5. The molecule has 0 saturated carbocycles. The number of alkyl halides is 2. The molecule has 0 N–H and O–H groups in total. The Bertz CT molecular complexity index is 1230. The van der Waals surface area contributed by atoms with E-state index in [-0.39, 0.29) is 4.90 Å². The van der Waals surface area contributed by atoms with E-state index < -0.39 is 31.6 Å². The minimum Gasteiger partial charge on any atom is -0.270 e. The lowest BCUT2D eigenvalue weighted by atomic mass is 9.97. The van der Waals surface area contributed by atoms with Gasteiger partial charge in [-0.3, -0.25) is 4.79 Å². The van der Waals surface area contributed by atoms with Crippen LogP contribution in [0.5, 0.6) is 0 Å². The molecule has 4 rings (SSSR count). The first-order chi connectivity index (χ1) is 15.1. The summed E-state index contributed by atoms with van der Waals surface area (Å²) in [6.45, 7) is 3.83. The van der Waals surface area contributed by atoms with Gasteiger partial charge in [0.05, 0.1) is 10.8 Å². The molecule has 3 aromatic carbocycles. The lowest BCUT2D eigenvalue weighted by molar-refractivity contribution is -0.124. The molecule has 8 heteroatoms. The highest BCUT2D eigenvalue weighted by Crippen LogP contribution is 2.55. The van der Waals surface area contributed by atoms with Gasteiger partial charge in [0.15, 0.2) is 0 Å². The molecule has 1 aliphatic heterocycles. The highest BCUT2D eigenvalue weighted by molar-refractivity contribution is 8.01. The van der Waals surface area contributed by atoms with Crippen molar-refractivity contribution in [2.45, 2.75) is 39.3 Å². The van der Waals surface area contributed by atoms with E-state index in [1.807, 2.05) is 68.4 Å². The van der Waals surface area contributed by atoms with Gasteiger partial charge >= 0.3 is 0 Å². The van der Waals surface area contributed by atoms with Gasteiger partial charge in [0, 0.05) is 4.90 Å². The average Bonchev–Trinajstić information content (AvgIpc) is 2.96. The monoisotopic (exact) mass is 505 g/mol. The molecule has 0 aliphatic carbocycles. The topological polar surface area (TPSA) is 54.5 Å². The zero-order chi connectivity index (χ0) is 23.1. The number of hydrogen-bond donors (Lipinski definition) is 0. The number of benzene rings is 3. The smallest absolute Gasteiger partial charge is 0.270 e. The van der Waals surface area contributed by atoms with Gasteiger partial charge in [-0.2, -0.15) is 0 Å². The summed E-state index contributed by atoms with van der Waals surface area (Å²) in [5, 5.41) is -0.867. The van der Waals surface area contributed by atoms with Crippen LogP contribution in [0.2, 0.25) is 0 Å². The van der Waals surface area contributed by atoms with E-state index in [0.29, 0.717) is 5.56 Å². The number of carbonyl (C=O) groups excluding carboxylic acids is 1. The van der Waals surface area contributed by atoms with Gasteiger partial charge in [-0.05, 0) is 43.7 Å². The fourth-order valence-electron chi connectivity index (χ4n) is 3.69. The van der Waals surface area contributed by atoms with Gasteiger partial charge in [-0.25, -0.2) is 12.7 Å². The van der Waals surface area contributed by atoms with Crippen LogP contribution in [0.15, 0.2) is 88.7 Å². The number of hydrogen-bond acceptors (Lipinski definition) is 4. The van der Waals surface area contributed by atoms with Gasteiger partial charge in [-0.1, -0.05) is 101 Å². The number of amides is 1. The molecule has 2 atom stereocenters. The van der Waals surface area contributed by atoms with Crippen LogP contribution in [0, 0.1) is 13.8 Å². The highest BCUT2D eigenvalue weighted by atomic mass is 35.5. The minimum atomic E-state index is -4.20. The summed E-state index contributed by atoms with van der Waals surface area (Å²) in [7, 11) is -4.20. The third-order valence-corrected chi connectivity index (χ3v) is 9.38. The van der Waals surface area contributed by atoms with Crippen LogP contribution in [0.4, 0.5) is 0 Å². The van der Waals surface area contributed by atoms with Crippen molar-refractivity contribution in [3.63, 3.8) is 0 Å². The van der Waals surface area contributed by atoms with Crippen molar-refractivity contribution >= 4 is 50.9 Å². The van der Waals surface area contributed by atoms with Crippen molar-refractivity contribution in [2.24, 2.45) is 0 Å². The van der Waals surface area contributed by atoms with Crippen molar-refractivity contribution in [2.75, 3.05) is 0 Å². The Morgan fingerprint density at radius 3 is 1.94 bits per heavy atom. The van der Waals surface area contributed by atoms with Crippen molar-refractivity contribution in [3.05, 3.63) is 95.6 Å². The molecule has 1 amide bonds. The minimum absolute atomic E-state index is 0.0174. The molecular formula is C24H21Cl2NO3S2. The van der Waals surface area contributed by atoms with Gasteiger partial charge in [0.25, 0.3) is 15.9 Å². The lowest BCUT2D eigenvalue weighted by Crippen LogP contribution is -2.39. The molecule has 1 heterocycles. The Kier molecular flexibility index (Phi) is 6.34. The van der Waals surface area contributed by atoms with E-state index >= 15 is 0 Å². The molecule has 1 aliphatic rings. The third-order valence-electron chi connectivity index (χ3n) is 5.41. The largest absolute Gasteiger partial charge is 0.274 e. The summed E-state index contributed by atoms with van der Waals surface area (Å²) in [5.41, 5.74) is 2.68. The van der Waals surface area contributed by atoms with Gasteiger partial charge in [0.1, 0.15) is 5.37 Å². The lowest BCUT2D eigenvalue weighted by Gasteiger charge is -2.27. The van der Waals surface area contributed by atoms with Gasteiger partial charge < -0.3 is 0 Å². The maximum Gasteiger partial charge on any atom is 0.274 e. The second kappa shape index (κ2) is 8.75. The molecule has 0 unspecified atom stereocenters. The summed E-state index contributed by atoms with van der Waals surface area (Å²) in [4.78, 5) is 14.2. The van der Waals surface area contributed by atoms with E-state index in [9.17, 15) is 13.2 Å². The van der Waals surface area contributed by atoms with E-state index in [1.165, 1.54) is 23.9 Å². The maximum atomic E-state index is 13.7. The maximum absolute atomic E-state index is 13.7. The fourth-order valence-corrected chi connectivity index (χ4v) is 7.80. The Balaban J connectivity index is 1.87.